The molecule has 0 aliphatic carbocycles. The van der Waals surface area contributed by atoms with Crippen LogP contribution in [0.25, 0.3) is 0 Å². The van der Waals surface area contributed by atoms with Crippen molar-refractivity contribution in [2.24, 2.45) is 0 Å². The summed E-state index contributed by atoms with van der Waals surface area (Å²) in [5, 5.41) is 8.93. The second kappa shape index (κ2) is 4.85. The third-order valence-corrected chi connectivity index (χ3v) is 4.10. The van der Waals surface area contributed by atoms with E-state index in [1.165, 1.54) is 6.07 Å². The van der Waals surface area contributed by atoms with Gasteiger partial charge in [-0.1, -0.05) is 13.8 Å². The zero-order chi connectivity index (χ0) is 11.6. The summed E-state index contributed by atoms with van der Waals surface area (Å²) < 4.78 is 12.3. The summed E-state index contributed by atoms with van der Waals surface area (Å²) in [5.41, 5.74) is -0.0952. The predicted molar refractivity (Wildman–Crippen MR) is 60.4 cm³/mol. The molecular weight excluding hydrogens is 282 g/mol. The molecule has 0 aliphatic rings. The van der Waals surface area contributed by atoms with Gasteiger partial charge >= 0.3 is 5.97 Å². The molecule has 0 saturated heterocycles. The smallest absolute Gasteiger partial charge is 0.354 e. The number of nitrogens with zero attached hydrogens (tertiary/aromatic N) is 1. The Kier molecular flexibility index (Phi) is 3.98. The van der Waals surface area contributed by atoms with E-state index >= 15 is 0 Å². The number of carbonyl (C=O) groups is 1. The van der Waals surface area contributed by atoms with Crippen molar-refractivity contribution in [3.8, 4) is 0 Å². The lowest BCUT2D eigenvalue weighted by Gasteiger charge is -2.07. The van der Waals surface area contributed by atoms with E-state index in [-0.39, 0.29) is 16.0 Å². The third kappa shape index (κ3) is 2.85. The molecule has 0 aromatic carbocycles. The Morgan fingerprint density at radius 3 is 2.60 bits per heavy atom. The van der Waals surface area contributed by atoms with Gasteiger partial charge < -0.3 is 5.11 Å². The van der Waals surface area contributed by atoms with Crippen LogP contribution in [0.4, 0.5) is 0 Å². The highest BCUT2D eigenvalue weighted by Crippen LogP contribution is 2.20. The van der Waals surface area contributed by atoms with Gasteiger partial charge in [0.25, 0.3) is 0 Å². The number of rotatable bonds is 3. The highest BCUT2D eigenvalue weighted by atomic mass is 79.9. The van der Waals surface area contributed by atoms with Crippen LogP contribution in [0.5, 0.6) is 0 Å². The second-order valence-electron chi connectivity index (χ2n) is 3.13. The molecule has 1 N–H and O–H groups in total. The normalized spacial score (nSPS) is 12.8. The van der Waals surface area contributed by atoms with Gasteiger partial charge in [0.05, 0.1) is 15.3 Å². The van der Waals surface area contributed by atoms with E-state index in [0.29, 0.717) is 4.47 Å². The van der Waals surface area contributed by atoms with Gasteiger partial charge in [-0.05, 0) is 28.1 Å². The van der Waals surface area contributed by atoms with E-state index < -0.39 is 16.8 Å². The number of aromatic nitrogens is 1. The molecule has 6 heteroatoms. The SMILES string of the molecule is CC(C)[S@@](=O)c1nc(C(=O)O)ccc1Br. The van der Waals surface area contributed by atoms with Crippen molar-refractivity contribution in [3.05, 3.63) is 22.3 Å². The molecule has 0 radical (unpaired) electrons. The maximum Gasteiger partial charge on any atom is 0.354 e. The zero-order valence-electron chi connectivity index (χ0n) is 8.23. The fourth-order valence-electron chi connectivity index (χ4n) is 0.907. The zero-order valence-corrected chi connectivity index (χ0v) is 10.6. The average molecular weight is 292 g/mol. The average Bonchev–Trinajstić information content (AvgIpc) is 2.16. The molecule has 0 unspecified atom stereocenters. The van der Waals surface area contributed by atoms with Crippen LogP contribution in [0, 0.1) is 0 Å². The summed E-state index contributed by atoms with van der Waals surface area (Å²) in [6, 6.07) is 2.92. The summed E-state index contributed by atoms with van der Waals surface area (Å²) in [6.07, 6.45) is 0. The lowest BCUT2D eigenvalue weighted by atomic mass is 10.4. The number of hydrogen-bond donors (Lipinski definition) is 1. The fourth-order valence-corrected chi connectivity index (χ4v) is 2.50. The summed E-state index contributed by atoms with van der Waals surface area (Å²) in [7, 11) is -1.29. The maximum atomic E-state index is 11.8. The Hall–Kier alpha value is -0.750. The Labute approximate surface area is 98.3 Å². The van der Waals surface area contributed by atoms with E-state index in [1.54, 1.807) is 19.9 Å². The largest absolute Gasteiger partial charge is 0.477 e. The maximum absolute atomic E-state index is 11.8. The van der Waals surface area contributed by atoms with Crippen molar-refractivity contribution in [2.75, 3.05) is 0 Å². The van der Waals surface area contributed by atoms with E-state index in [0.717, 1.165) is 0 Å². The molecule has 1 heterocycles. The van der Waals surface area contributed by atoms with E-state index in [1.807, 2.05) is 0 Å². The van der Waals surface area contributed by atoms with Gasteiger partial charge in [-0.25, -0.2) is 9.78 Å². The number of aromatic carboxylic acids is 1. The monoisotopic (exact) mass is 291 g/mol. The van der Waals surface area contributed by atoms with Crippen molar-refractivity contribution >= 4 is 32.7 Å². The molecule has 0 aliphatic heterocycles. The second-order valence-corrected chi connectivity index (χ2v) is 5.91. The molecule has 0 saturated carbocycles. The van der Waals surface area contributed by atoms with Gasteiger partial charge in [0, 0.05) is 5.25 Å². The summed E-state index contributed by atoms with van der Waals surface area (Å²) >= 11 is 3.20. The molecule has 1 aromatic rings. The Morgan fingerprint density at radius 1 is 1.53 bits per heavy atom. The van der Waals surface area contributed by atoms with Gasteiger partial charge in [-0.2, -0.15) is 0 Å². The van der Waals surface area contributed by atoms with Crippen LogP contribution in [0.15, 0.2) is 21.6 Å². The highest BCUT2D eigenvalue weighted by Gasteiger charge is 2.16. The minimum Gasteiger partial charge on any atom is -0.477 e. The molecule has 0 bridgehead atoms. The highest BCUT2D eigenvalue weighted by molar-refractivity contribution is 9.10. The fraction of sp³-hybridized carbons (Fsp3) is 0.333. The van der Waals surface area contributed by atoms with Crippen molar-refractivity contribution in [1.82, 2.24) is 4.98 Å². The van der Waals surface area contributed by atoms with Crippen molar-refractivity contribution in [1.29, 1.82) is 0 Å². The van der Waals surface area contributed by atoms with Gasteiger partial charge in [-0.3, -0.25) is 4.21 Å². The third-order valence-electron chi connectivity index (χ3n) is 1.65. The molecule has 1 aromatic heterocycles. The predicted octanol–water partition coefficient (Wildman–Crippen LogP) is 2.06. The number of hydrogen-bond acceptors (Lipinski definition) is 3. The van der Waals surface area contributed by atoms with Crippen LogP contribution in [0.2, 0.25) is 0 Å². The molecule has 0 amide bonds. The van der Waals surface area contributed by atoms with Crippen molar-refractivity contribution in [3.63, 3.8) is 0 Å². The molecule has 4 nitrogen and oxygen atoms in total. The Balaban J connectivity index is 3.22. The molecule has 0 spiro atoms. The van der Waals surface area contributed by atoms with Crippen LogP contribution in [-0.4, -0.2) is 25.5 Å². The molecule has 1 rings (SSSR count). The van der Waals surface area contributed by atoms with E-state index in [9.17, 15) is 9.00 Å². The first-order chi connectivity index (χ1) is 6.93. The minimum absolute atomic E-state index is 0.0952. The number of halogens is 1. The number of carboxylic acids is 1. The summed E-state index contributed by atoms with van der Waals surface area (Å²) in [4.78, 5) is 14.5. The number of pyridine rings is 1. The van der Waals surface area contributed by atoms with Crippen LogP contribution in [-0.2, 0) is 10.8 Å². The summed E-state index contributed by atoms with van der Waals surface area (Å²) in [6.45, 7) is 3.58. The van der Waals surface area contributed by atoms with Gasteiger partial charge in [0.2, 0.25) is 0 Å². The first kappa shape index (κ1) is 12.3. The molecule has 82 valence electrons. The first-order valence-corrected chi connectivity index (χ1v) is 6.24. The Bertz CT molecular complexity index is 420. The quantitative estimate of drug-likeness (QED) is 0.926. The van der Waals surface area contributed by atoms with Gasteiger partial charge in [0.1, 0.15) is 10.7 Å². The standard InChI is InChI=1S/C9H10BrNO3S/c1-5(2)15(14)8-6(10)3-4-7(11-8)9(12)13/h3-5H,1-2H3,(H,12,13)/t15-/m1/s1. The lowest BCUT2D eigenvalue weighted by Crippen LogP contribution is -2.11. The van der Waals surface area contributed by atoms with Crippen LogP contribution < -0.4 is 0 Å². The van der Waals surface area contributed by atoms with Crippen LogP contribution >= 0.6 is 15.9 Å². The van der Waals surface area contributed by atoms with Crippen molar-refractivity contribution in [2.45, 2.75) is 24.1 Å². The molecule has 0 fully saturated rings. The Morgan fingerprint density at radius 2 is 2.13 bits per heavy atom. The summed E-state index contributed by atoms with van der Waals surface area (Å²) in [5.74, 6) is -1.12. The topological polar surface area (TPSA) is 67.3 Å². The van der Waals surface area contributed by atoms with Crippen LogP contribution in [0.3, 0.4) is 0 Å². The molecule has 1 atom stereocenters. The minimum atomic E-state index is -1.29. The van der Waals surface area contributed by atoms with E-state index in [2.05, 4.69) is 20.9 Å². The molecule has 15 heavy (non-hydrogen) atoms. The van der Waals surface area contributed by atoms with Gasteiger partial charge in [-0.15, -0.1) is 0 Å². The van der Waals surface area contributed by atoms with E-state index in [4.69, 9.17) is 5.11 Å². The van der Waals surface area contributed by atoms with Crippen molar-refractivity contribution < 1.29 is 14.1 Å². The van der Waals surface area contributed by atoms with Gasteiger partial charge in [0.15, 0.2) is 0 Å². The number of carboxylic acid groups (broad SMARTS) is 1. The lowest BCUT2D eigenvalue weighted by molar-refractivity contribution is 0.0689. The first-order valence-electron chi connectivity index (χ1n) is 4.24. The van der Waals surface area contributed by atoms with Crippen LogP contribution in [0.1, 0.15) is 24.3 Å². The molecular formula is C9H10BrNO3S.